The molecule has 0 radical (unpaired) electrons. The maximum absolute atomic E-state index is 12.1. The summed E-state index contributed by atoms with van der Waals surface area (Å²) in [4.78, 5) is 0. The Morgan fingerprint density at radius 3 is 1.80 bits per heavy atom. The second-order valence-electron chi connectivity index (χ2n) is 1.55. The fourth-order valence-corrected chi connectivity index (χ4v) is 2.02. The molecule has 0 heterocycles. The van der Waals surface area contributed by atoms with Crippen LogP contribution in [-0.2, 0) is 0 Å². The van der Waals surface area contributed by atoms with Crippen LogP contribution < -0.4 is 0 Å². The molecule has 0 aliphatic carbocycles. The average Bonchev–Trinajstić information content (AvgIpc) is 1.88. The summed E-state index contributed by atoms with van der Waals surface area (Å²) in [6.07, 6.45) is 4.24. The van der Waals surface area contributed by atoms with Crippen LogP contribution in [0.25, 0.3) is 0 Å². The van der Waals surface area contributed by atoms with E-state index in [1.807, 2.05) is 0 Å². The smallest absolute Gasteiger partial charge is 0.261 e. The van der Waals surface area contributed by atoms with Crippen LogP contribution in [0.2, 0.25) is 0 Å². The summed E-state index contributed by atoms with van der Waals surface area (Å²) in [5.74, 6) is 0. The van der Waals surface area contributed by atoms with Gasteiger partial charge in [0.05, 0.1) is 0 Å². The lowest BCUT2D eigenvalue weighted by molar-refractivity contribution is 0.586. The van der Waals surface area contributed by atoms with Gasteiger partial charge in [0.25, 0.3) is 0 Å². The molecule has 0 spiro atoms. The van der Waals surface area contributed by atoms with Crippen molar-refractivity contribution >= 4 is 16.5 Å². The van der Waals surface area contributed by atoms with Crippen molar-refractivity contribution < 1.29 is 16.4 Å². The summed E-state index contributed by atoms with van der Waals surface area (Å²) in [5.41, 5.74) is 0.905. The van der Waals surface area contributed by atoms with Gasteiger partial charge in [-0.3, -0.25) is 16.4 Å². The molecule has 0 unspecified atom stereocenters. The minimum absolute atomic E-state index is 0.0269. The molecule has 56 valence electrons. The van der Waals surface area contributed by atoms with Crippen molar-refractivity contribution in [2.75, 3.05) is 0 Å². The minimum Gasteiger partial charge on any atom is -0.261 e. The normalized spacial score (nSPS) is 12.3. The summed E-state index contributed by atoms with van der Waals surface area (Å²) in [6.45, 7) is 2.62. The molecular weight excluding hydrogens is 180 g/mol. The summed E-state index contributed by atoms with van der Waals surface area (Å²) >= 11 is 0. The van der Waals surface area contributed by atoms with Crippen molar-refractivity contribution in [2.45, 2.75) is 0 Å². The number of halogens is 4. The Hall–Kier alpha value is -0.546. The fourth-order valence-electron chi connectivity index (χ4n) is 0.224. The Morgan fingerprint density at radius 2 is 1.70 bits per heavy atom. The second-order valence-corrected chi connectivity index (χ2v) is 8.52. The van der Waals surface area contributed by atoms with E-state index in [0.29, 0.717) is 0 Å². The van der Waals surface area contributed by atoms with Crippen LogP contribution >= 0.6 is 0 Å². The van der Waals surface area contributed by atoms with Crippen LogP contribution in [0.4, 0.5) is 16.4 Å². The van der Waals surface area contributed by atoms with Crippen molar-refractivity contribution in [3.8, 4) is 12.0 Å². The van der Waals surface area contributed by atoms with Crippen molar-refractivity contribution in [3.05, 3.63) is 12.3 Å². The van der Waals surface area contributed by atoms with Crippen LogP contribution in [0.1, 0.15) is 0 Å². The van der Waals surface area contributed by atoms with E-state index >= 15 is 0 Å². The molecule has 0 aromatic heterocycles. The molecule has 0 aliphatic rings. The molecule has 0 aliphatic heterocycles. The van der Waals surface area contributed by atoms with Gasteiger partial charge in [0.2, 0.25) is 0 Å². The molecule has 6 heteroatoms. The highest BCUT2D eigenvalue weighted by molar-refractivity contribution is 7.36. The first kappa shape index (κ1) is 9.45. The Kier molecular flexibility index (Phi) is 2.45. The summed E-state index contributed by atoms with van der Waals surface area (Å²) in [5, 5.41) is 0. The highest BCUT2D eigenvalue weighted by Crippen LogP contribution is 2.24. The largest absolute Gasteiger partial charge is 0.554 e. The standard InChI is InChI=1S/C4H4F4Si2/c1-3-9(5,6)10(7,8)4-2/h1,4H,2H2. The molecule has 0 saturated heterocycles. The van der Waals surface area contributed by atoms with E-state index in [4.69, 9.17) is 0 Å². The van der Waals surface area contributed by atoms with E-state index in [9.17, 15) is 16.4 Å². The molecule has 0 aromatic carbocycles. The number of terminal acetylenes is 1. The summed E-state index contributed by atoms with van der Waals surface area (Å²) < 4.78 is 48.4. The van der Waals surface area contributed by atoms with Gasteiger partial charge in [0.15, 0.2) is 0 Å². The van der Waals surface area contributed by atoms with Crippen molar-refractivity contribution in [1.29, 1.82) is 0 Å². The van der Waals surface area contributed by atoms with E-state index in [0.717, 1.165) is 5.54 Å². The number of hydrogen-bond donors (Lipinski definition) is 0. The highest BCUT2D eigenvalue weighted by atomic mass is 29.3. The number of rotatable bonds is 2. The van der Waals surface area contributed by atoms with Gasteiger partial charge in [-0.15, -0.1) is 13.0 Å². The predicted molar refractivity (Wildman–Crippen MR) is 35.0 cm³/mol. The maximum Gasteiger partial charge on any atom is 0.554 e. The van der Waals surface area contributed by atoms with Crippen molar-refractivity contribution in [2.24, 2.45) is 0 Å². The van der Waals surface area contributed by atoms with Crippen LogP contribution in [0.3, 0.4) is 0 Å². The molecule has 0 fully saturated rings. The van der Waals surface area contributed by atoms with Crippen LogP contribution in [-0.4, -0.2) is 16.5 Å². The van der Waals surface area contributed by atoms with E-state index in [1.54, 1.807) is 0 Å². The first-order valence-corrected chi connectivity index (χ1v) is 6.83. The molecule has 0 saturated carbocycles. The topological polar surface area (TPSA) is 0 Å². The maximum atomic E-state index is 12.1. The van der Waals surface area contributed by atoms with Gasteiger partial charge in [-0.1, -0.05) is 5.54 Å². The molecule has 10 heavy (non-hydrogen) atoms. The third-order valence-corrected chi connectivity index (χ3v) is 6.13. The molecule has 0 N–H and O–H groups in total. The number of hydrogen-bond acceptors (Lipinski definition) is 0. The third-order valence-electron chi connectivity index (χ3n) is 0.856. The summed E-state index contributed by atoms with van der Waals surface area (Å²) in [7, 11) is -11.3. The van der Waals surface area contributed by atoms with Gasteiger partial charge in [0, 0.05) is 0 Å². The van der Waals surface area contributed by atoms with Gasteiger partial charge in [-0.25, -0.2) is 0 Å². The van der Waals surface area contributed by atoms with Gasteiger partial charge in [0.1, 0.15) is 0 Å². The first-order chi connectivity index (χ1) is 4.37. The lowest BCUT2D eigenvalue weighted by atomic mass is 11.3. The third kappa shape index (κ3) is 1.49. The second kappa shape index (κ2) is 2.59. The lowest BCUT2D eigenvalue weighted by Gasteiger charge is -2.10. The van der Waals surface area contributed by atoms with Gasteiger partial charge in [-0.05, 0) is 5.70 Å². The molecule has 0 atom stereocenters. The monoisotopic (exact) mass is 184 g/mol. The van der Waals surface area contributed by atoms with E-state index < -0.39 is 16.5 Å². The van der Waals surface area contributed by atoms with Crippen LogP contribution in [0, 0.1) is 12.0 Å². The SMILES string of the molecule is C#C[Si](F)(F)[Si](F)(F)C=C. The molecule has 0 aromatic rings. The van der Waals surface area contributed by atoms with Gasteiger partial charge in [-0.2, -0.15) is 0 Å². The van der Waals surface area contributed by atoms with E-state index in [1.165, 1.54) is 0 Å². The fraction of sp³-hybridized carbons (Fsp3) is 0. The van der Waals surface area contributed by atoms with Crippen molar-refractivity contribution in [1.82, 2.24) is 0 Å². The van der Waals surface area contributed by atoms with Crippen LogP contribution in [0.5, 0.6) is 0 Å². The first-order valence-electron chi connectivity index (χ1n) is 2.24. The van der Waals surface area contributed by atoms with Gasteiger partial charge < -0.3 is 0 Å². The quantitative estimate of drug-likeness (QED) is 0.265. The average molecular weight is 184 g/mol. The van der Waals surface area contributed by atoms with Crippen molar-refractivity contribution in [3.63, 3.8) is 0 Å². The van der Waals surface area contributed by atoms with Crippen LogP contribution in [0.15, 0.2) is 12.3 Å². The Bertz CT molecular complexity index is 180. The van der Waals surface area contributed by atoms with E-state index in [2.05, 4.69) is 13.0 Å². The Labute approximate surface area is 58.1 Å². The van der Waals surface area contributed by atoms with Gasteiger partial charge >= 0.3 is 16.5 Å². The predicted octanol–water partition coefficient (Wildman–Crippen LogP) is 1.72. The Morgan fingerprint density at radius 1 is 1.30 bits per heavy atom. The zero-order valence-electron chi connectivity index (χ0n) is 4.87. The Balaban J connectivity index is 4.65. The molecule has 0 nitrogen and oxygen atoms in total. The van der Waals surface area contributed by atoms with E-state index in [-0.39, 0.29) is 5.70 Å². The lowest BCUT2D eigenvalue weighted by Crippen LogP contribution is -2.48. The molecule has 0 amide bonds. The zero-order chi connectivity index (χ0) is 8.41. The molecule has 0 bridgehead atoms. The highest BCUT2D eigenvalue weighted by Gasteiger charge is 2.63. The zero-order valence-corrected chi connectivity index (χ0v) is 6.87. The molecule has 0 rings (SSSR count). The summed E-state index contributed by atoms with van der Waals surface area (Å²) in [6, 6.07) is 0. The minimum atomic E-state index is -5.69. The molecular formula is C4H4F4Si2.